The Balaban J connectivity index is 2.28. The SMILES string of the molecule is Cc1ccc(NC(=O)c2cc(F)c(F)cc2Cl)cc1F. The number of nitrogens with one attached hydrogen (secondary N) is 1. The molecule has 0 saturated heterocycles. The van der Waals surface area contributed by atoms with E-state index in [1.807, 2.05) is 0 Å². The van der Waals surface area contributed by atoms with Gasteiger partial charge in [-0.2, -0.15) is 0 Å². The van der Waals surface area contributed by atoms with E-state index < -0.39 is 23.4 Å². The van der Waals surface area contributed by atoms with Crippen LogP contribution in [-0.4, -0.2) is 5.91 Å². The van der Waals surface area contributed by atoms with Crippen molar-refractivity contribution in [2.24, 2.45) is 0 Å². The summed E-state index contributed by atoms with van der Waals surface area (Å²) in [4.78, 5) is 11.9. The molecule has 0 aromatic heterocycles. The molecule has 0 saturated carbocycles. The van der Waals surface area contributed by atoms with Crippen LogP contribution in [0.25, 0.3) is 0 Å². The maximum absolute atomic E-state index is 13.3. The first kappa shape index (κ1) is 14.4. The van der Waals surface area contributed by atoms with Gasteiger partial charge in [0.1, 0.15) is 5.82 Å². The number of aryl methyl sites for hydroxylation is 1. The molecular weight excluding hydrogens is 291 g/mol. The second-order valence-electron chi connectivity index (χ2n) is 4.16. The molecule has 6 heteroatoms. The number of benzene rings is 2. The smallest absolute Gasteiger partial charge is 0.257 e. The average molecular weight is 300 g/mol. The van der Waals surface area contributed by atoms with Crippen molar-refractivity contribution < 1.29 is 18.0 Å². The van der Waals surface area contributed by atoms with E-state index in [-0.39, 0.29) is 16.3 Å². The molecule has 0 fully saturated rings. The zero-order valence-corrected chi connectivity index (χ0v) is 11.1. The van der Waals surface area contributed by atoms with Crippen molar-refractivity contribution in [2.45, 2.75) is 6.92 Å². The Labute approximate surface area is 118 Å². The van der Waals surface area contributed by atoms with Gasteiger partial charge >= 0.3 is 0 Å². The van der Waals surface area contributed by atoms with Crippen molar-refractivity contribution >= 4 is 23.2 Å². The van der Waals surface area contributed by atoms with Gasteiger partial charge in [0, 0.05) is 5.69 Å². The van der Waals surface area contributed by atoms with Gasteiger partial charge in [-0.05, 0) is 36.8 Å². The van der Waals surface area contributed by atoms with E-state index in [1.165, 1.54) is 12.1 Å². The third-order valence-corrected chi connectivity index (χ3v) is 3.00. The number of hydrogen-bond donors (Lipinski definition) is 1. The molecule has 2 rings (SSSR count). The van der Waals surface area contributed by atoms with E-state index in [4.69, 9.17) is 11.6 Å². The standard InChI is InChI=1S/C14H9ClF3NO/c1-7-2-3-8(4-11(7)16)19-14(20)9-5-12(17)13(18)6-10(9)15/h2-6H,1H3,(H,19,20). The van der Waals surface area contributed by atoms with Crippen LogP contribution in [0.2, 0.25) is 5.02 Å². The fourth-order valence-corrected chi connectivity index (χ4v) is 1.80. The van der Waals surface area contributed by atoms with Crippen LogP contribution < -0.4 is 5.32 Å². The number of anilines is 1. The topological polar surface area (TPSA) is 29.1 Å². The minimum atomic E-state index is -1.19. The highest BCUT2D eigenvalue weighted by atomic mass is 35.5. The quantitative estimate of drug-likeness (QED) is 0.822. The normalized spacial score (nSPS) is 10.4. The fourth-order valence-electron chi connectivity index (χ4n) is 1.57. The molecule has 1 N–H and O–H groups in total. The molecule has 104 valence electrons. The molecule has 2 aromatic carbocycles. The Morgan fingerprint density at radius 2 is 1.70 bits per heavy atom. The maximum atomic E-state index is 13.3. The monoisotopic (exact) mass is 299 g/mol. The van der Waals surface area contributed by atoms with Crippen molar-refractivity contribution in [2.75, 3.05) is 5.32 Å². The molecular formula is C14H9ClF3NO. The third kappa shape index (κ3) is 2.93. The van der Waals surface area contributed by atoms with Gasteiger partial charge in [0.15, 0.2) is 11.6 Å². The molecule has 0 bridgehead atoms. The first-order valence-corrected chi connectivity index (χ1v) is 5.98. The minimum absolute atomic E-state index is 0.193. The van der Waals surface area contributed by atoms with Crippen LogP contribution in [0.3, 0.4) is 0 Å². The van der Waals surface area contributed by atoms with Gasteiger partial charge in [-0.3, -0.25) is 4.79 Å². The lowest BCUT2D eigenvalue weighted by Gasteiger charge is -2.08. The van der Waals surface area contributed by atoms with E-state index in [9.17, 15) is 18.0 Å². The average Bonchev–Trinajstić information content (AvgIpc) is 2.38. The summed E-state index contributed by atoms with van der Waals surface area (Å²) < 4.78 is 39.3. The summed E-state index contributed by atoms with van der Waals surface area (Å²) in [6, 6.07) is 5.50. The number of halogens is 4. The lowest BCUT2D eigenvalue weighted by Crippen LogP contribution is -2.13. The van der Waals surface area contributed by atoms with Gasteiger partial charge in [-0.1, -0.05) is 17.7 Å². The summed E-state index contributed by atoms with van der Waals surface area (Å²) in [6.07, 6.45) is 0. The van der Waals surface area contributed by atoms with Crippen LogP contribution in [-0.2, 0) is 0 Å². The Kier molecular flexibility index (Phi) is 3.99. The van der Waals surface area contributed by atoms with Crippen molar-refractivity contribution in [3.8, 4) is 0 Å². The largest absolute Gasteiger partial charge is 0.322 e. The van der Waals surface area contributed by atoms with Crippen LogP contribution in [0.15, 0.2) is 30.3 Å². The lowest BCUT2D eigenvalue weighted by atomic mass is 10.1. The third-order valence-electron chi connectivity index (χ3n) is 2.68. The summed E-state index contributed by atoms with van der Waals surface area (Å²) >= 11 is 5.68. The molecule has 0 radical (unpaired) electrons. The summed E-state index contributed by atoms with van der Waals surface area (Å²) in [6.45, 7) is 1.58. The maximum Gasteiger partial charge on any atom is 0.257 e. The summed E-state index contributed by atoms with van der Waals surface area (Å²) in [5.41, 5.74) is 0.388. The van der Waals surface area contributed by atoms with Crippen LogP contribution in [0, 0.1) is 24.4 Å². The van der Waals surface area contributed by atoms with Gasteiger partial charge in [0.05, 0.1) is 10.6 Å². The fraction of sp³-hybridized carbons (Fsp3) is 0.0714. The molecule has 0 aliphatic rings. The van der Waals surface area contributed by atoms with Crippen LogP contribution in [0.4, 0.5) is 18.9 Å². The Morgan fingerprint density at radius 3 is 2.35 bits per heavy atom. The first-order chi connectivity index (χ1) is 9.38. The van der Waals surface area contributed by atoms with Crippen LogP contribution in [0.5, 0.6) is 0 Å². The highest BCUT2D eigenvalue weighted by Gasteiger charge is 2.15. The highest BCUT2D eigenvalue weighted by molar-refractivity contribution is 6.34. The van der Waals surface area contributed by atoms with E-state index in [0.717, 1.165) is 6.07 Å². The minimum Gasteiger partial charge on any atom is -0.322 e. The molecule has 1 amide bonds. The number of carbonyl (C=O) groups is 1. The van der Waals surface area contributed by atoms with E-state index >= 15 is 0 Å². The van der Waals surface area contributed by atoms with E-state index in [1.54, 1.807) is 6.92 Å². The van der Waals surface area contributed by atoms with E-state index in [2.05, 4.69) is 5.32 Å². The molecule has 0 unspecified atom stereocenters. The highest BCUT2D eigenvalue weighted by Crippen LogP contribution is 2.22. The molecule has 0 aliphatic carbocycles. The number of hydrogen-bond acceptors (Lipinski definition) is 1. The van der Waals surface area contributed by atoms with Crippen molar-refractivity contribution in [1.82, 2.24) is 0 Å². The summed E-state index contributed by atoms with van der Waals surface area (Å²) in [5, 5.41) is 2.13. The van der Waals surface area contributed by atoms with Crippen molar-refractivity contribution in [1.29, 1.82) is 0 Å². The molecule has 0 spiro atoms. The molecule has 20 heavy (non-hydrogen) atoms. The Morgan fingerprint density at radius 1 is 1.05 bits per heavy atom. The molecule has 2 nitrogen and oxygen atoms in total. The zero-order valence-electron chi connectivity index (χ0n) is 10.3. The van der Waals surface area contributed by atoms with Gasteiger partial charge in [-0.25, -0.2) is 13.2 Å². The second kappa shape index (κ2) is 5.54. The molecule has 0 heterocycles. The lowest BCUT2D eigenvalue weighted by molar-refractivity contribution is 0.102. The van der Waals surface area contributed by atoms with Gasteiger partial charge in [0.2, 0.25) is 0 Å². The van der Waals surface area contributed by atoms with Crippen molar-refractivity contribution in [3.05, 3.63) is 63.9 Å². The molecule has 0 atom stereocenters. The molecule has 0 aliphatic heterocycles. The zero-order chi connectivity index (χ0) is 14.9. The Hall–Kier alpha value is -2.01. The van der Waals surface area contributed by atoms with Gasteiger partial charge in [0.25, 0.3) is 5.91 Å². The number of rotatable bonds is 2. The number of amides is 1. The van der Waals surface area contributed by atoms with Gasteiger partial charge < -0.3 is 5.32 Å². The number of carbonyl (C=O) groups excluding carboxylic acids is 1. The molecule has 2 aromatic rings. The second-order valence-corrected chi connectivity index (χ2v) is 4.57. The van der Waals surface area contributed by atoms with Crippen molar-refractivity contribution in [3.63, 3.8) is 0 Å². The summed E-state index contributed by atoms with van der Waals surface area (Å²) in [5.74, 6) is -3.57. The van der Waals surface area contributed by atoms with Crippen LogP contribution >= 0.6 is 11.6 Å². The predicted molar refractivity (Wildman–Crippen MR) is 70.5 cm³/mol. The predicted octanol–water partition coefficient (Wildman–Crippen LogP) is 4.32. The first-order valence-electron chi connectivity index (χ1n) is 5.60. The summed E-state index contributed by atoms with van der Waals surface area (Å²) in [7, 11) is 0. The Bertz CT molecular complexity index is 688. The van der Waals surface area contributed by atoms with E-state index in [0.29, 0.717) is 17.7 Å². The van der Waals surface area contributed by atoms with Crippen LogP contribution in [0.1, 0.15) is 15.9 Å². The van der Waals surface area contributed by atoms with Gasteiger partial charge in [-0.15, -0.1) is 0 Å².